The molecule has 0 saturated carbocycles. The Balaban J connectivity index is 2.04. The Kier molecular flexibility index (Phi) is 6.98. The summed E-state index contributed by atoms with van der Waals surface area (Å²) in [6.07, 6.45) is 1.50. The maximum Gasteiger partial charge on any atom is 0.243 e. The minimum absolute atomic E-state index is 0.00137. The van der Waals surface area contributed by atoms with Gasteiger partial charge in [-0.3, -0.25) is 4.79 Å². The Morgan fingerprint density at radius 3 is 2.28 bits per heavy atom. The molecule has 0 bridgehead atoms. The van der Waals surface area contributed by atoms with Gasteiger partial charge in [0.05, 0.1) is 10.9 Å². The van der Waals surface area contributed by atoms with Gasteiger partial charge in [-0.05, 0) is 37.5 Å². The van der Waals surface area contributed by atoms with E-state index < -0.39 is 10.0 Å². The number of carbonyl (C=O) groups excluding carboxylic acids is 1. The minimum atomic E-state index is -3.45. The van der Waals surface area contributed by atoms with Gasteiger partial charge in [0.1, 0.15) is 0 Å². The Labute approximate surface area is 150 Å². The SMILES string of the molecule is CCN(CC)S(=O)(=O)c1ccc([C@@H](C)NC(=O)C2CCOCC2)cc1. The lowest BCUT2D eigenvalue weighted by Crippen LogP contribution is -2.35. The summed E-state index contributed by atoms with van der Waals surface area (Å²) in [6, 6.07) is 6.59. The number of carbonyl (C=O) groups is 1. The molecule has 1 aliphatic rings. The first-order chi connectivity index (χ1) is 11.9. The monoisotopic (exact) mass is 368 g/mol. The van der Waals surface area contributed by atoms with E-state index in [2.05, 4.69) is 5.32 Å². The van der Waals surface area contributed by atoms with E-state index in [4.69, 9.17) is 4.74 Å². The predicted octanol–water partition coefficient (Wildman–Crippen LogP) is 2.32. The van der Waals surface area contributed by atoms with Crippen LogP contribution in [0.5, 0.6) is 0 Å². The molecule has 1 heterocycles. The Hall–Kier alpha value is -1.44. The van der Waals surface area contributed by atoms with Crippen molar-refractivity contribution < 1.29 is 17.9 Å². The molecule has 1 aliphatic heterocycles. The topological polar surface area (TPSA) is 75.7 Å². The highest BCUT2D eigenvalue weighted by molar-refractivity contribution is 7.89. The van der Waals surface area contributed by atoms with Crippen molar-refractivity contribution in [1.29, 1.82) is 0 Å². The van der Waals surface area contributed by atoms with Gasteiger partial charge in [-0.15, -0.1) is 0 Å². The average molecular weight is 368 g/mol. The molecular formula is C18H28N2O4S. The molecule has 140 valence electrons. The molecule has 1 aromatic carbocycles. The smallest absolute Gasteiger partial charge is 0.243 e. The van der Waals surface area contributed by atoms with E-state index in [1.807, 2.05) is 20.8 Å². The number of hydrogen-bond acceptors (Lipinski definition) is 4. The van der Waals surface area contributed by atoms with Crippen LogP contribution in [0.4, 0.5) is 0 Å². The van der Waals surface area contributed by atoms with Crippen LogP contribution >= 0.6 is 0 Å². The second-order valence-corrected chi connectivity index (χ2v) is 8.21. The summed E-state index contributed by atoms with van der Waals surface area (Å²) in [5.41, 5.74) is 0.888. The second kappa shape index (κ2) is 8.78. The average Bonchev–Trinajstić information content (AvgIpc) is 2.63. The summed E-state index contributed by atoms with van der Waals surface area (Å²) in [5, 5.41) is 3.01. The van der Waals surface area contributed by atoms with Gasteiger partial charge in [0.2, 0.25) is 15.9 Å². The molecule has 0 radical (unpaired) electrons. The summed E-state index contributed by atoms with van der Waals surface area (Å²) in [5.74, 6) is 0.0363. The molecule has 1 N–H and O–H groups in total. The van der Waals surface area contributed by atoms with E-state index in [0.29, 0.717) is 26.3 Å². The molecule has 1 amide bonds. The molecule has 25 heavy (non-hydrogen) atoms. The summed E-state index contributed by atoms with van der Waals surface area (Å²) in [6.45, 7) is 7.70. The molecule has 0 spiro atoms. The molecule has 1 saturated heterocycles. The number of amides is 1. The highest BCUT2D eigenvalue weighted by Crippen LogP contribution is 2.21. The van der Waals surface area contributed by atoms with Crippen molar-refractivity contribution in [1.82, 2.24) is 9.62 Å². The van der Waals surface area contributed by atoms with E-state index >= 15 is 0 Å². The van der Waals surface area contributed by atoms with E-state index in [1.165, 1.54) is 4.31 Å². The van der Waals surface area contributed by atoms with Crippen LogP contribution in [0, 0.1) is 5.92 Å². The van der Waals surface area contributed by atoms with E-state index in [9.17, 15) is 13.2 Å². The zero-order valence-corrected chi connectivity index (χ0v) is 16.0. The first-order valence-electron chi connectivity index (χ1n) is 8.88. The molecule has 0 unspecified atom stereocenters. The molecule has 0 aliphatic carbocycles. The van der Waals surface area contributed by atoms with Crippen LogP contribution in [-0.4, -0.2) is 44.9 Å². The highest BCUT2D eigenvalue weighted by atomic mass is 32.2. The van der Waals surface area contributed by atoms with Crippen molar-refractivity contribution in [2.45, 2.75) is 44.6 Å². The van der Waals surface area contributed by atoms with Crippen LogP contribution in [0.15, 0.2) is 29.2 Å². The summed E-state index contributed by atoms with van der Waals surface area (Å²) >= 11 is 0. The Morgan fingerprint density at radius 1 is 1.20 bits per heavy atom. The standard InChI is InChI=1S/C18H28N2O4S/c1-4-20(5-2)25(22,23)17-8-6-15(7-9-17)14(3)19-18(21)16-10-12-24-13-11-16/h6-9,14,16H,4-5,10-13H2,1-3H3,(H,19,21)/t14-/m1/s1. The minimum Gasteiger partial charge on any atom is -0.381 e. The molecule has 2 rings (SSSR count). The van der Waals surface area contributed by atoms with Gasteiger partial charge >= 0.3 is 0 Å². The van der Waals surface area contributed by atoms with Gasteiger partial charge in [0, 0.05) is 32.2 Å². The quantitative estimate of drug-likeness (QED) is 0.801. The third-order valence-corrected chi connectivity index (χ3v) is 6.74. The molecular weight excluding hydrogens is 340 g/mol. The van der Waals surface area contributed by atoms with Gasteiger partial charge in [-0.1, -0.05) is 26.0 Å². The first kappa shape index (κ1) is 19.9. The number of benzene rings is 1. The zero-order chi connectivity index (χ0) is 18.4. The van der Waals surface area contributed by atoms with Gasteiger partial charge in [0.25, 0.3) is 0 Å². The molecule has 1 aromatic rings. The largest absolute Gasteiger partial charge is 0.381 e. The fourth-order valence-corrected chi connectivity index (χ4v) is 4.47. The maximum atomic E-state index is 12.5. The van der Waals surface area contributed by atoms with Crippen molar-refractivity contribution in [3.05, 3.63) is 29.8 Å². The molecule has 1 fully saturated rings. The fraction of sp³-hybridized carbons (Fsp3) is 0.611. The molecule has 7 heteroatoms. The van der Waals surface area contributed by atoms with Crippen molar-refractivity contribution in [3.63, 3.8) is 0 Å². The van der Waals surface area contributed by atoms with Crippen molar-refractivity contribution >= 4 is 15.9 Å². The Bertz CT molecular complexity index is 663. The molecule has 1 atom stereocenters. The van der Waals surface area contributed by atoms with E-state index in [0.717, 1.165) is 18.4 Å². The van der Waals surface area contributed by atoms with Crippen molar-refractivity contribution in [3.8, 4) is 0 Å². The van der Waals surface area contributed by atoms with Crippen LogP contribution in [-0.2, 0) is 19.6 Å². The number of sulfonamides is 1. The van der Waals surface area contributed by atoms with Crippen LogP contribution < -0.4 is 5.32 Å². The van der Waals surface area contributed by atoms with Crippen LogP contribution in [0.3, 0.4) is 0 Å². The second-order valence-electron chi connectivity index (χ2n) is 6.28. The van der Waals surface area contributed by atoms with Gasteiger partial charge in [-0.25, -0.2) is 8.42 Å². The van der Waals surface area contributed by atoms with Crippen LogP contribution in [0.25, 0.3) is 0 Å². The van der Waals surface area contributed by atoms with Crippen LogP contribution in [0.1, 0.15) is 45.2 Å². The third-order valence-electron chi connectivity index (χ3n) is 4.67. The maximum absolute atomic E-state index is 12.5. The van der Waals surface area contributed by atoms with E-state index in [1.54, 1.807) is 24.3 Å². The lowest BCUT2D eigenvalue weighted by Gasteiger charge is -2.24. The fourth-order valence-electron chi connectivity index (χ4n) is 3.02. The first-order valence-corrected chi connectivity index (χ1v) is 10.3. The molecule has 6 nitrogen and oxygen atoms in total. The van der Waals surface area contributed by atoms with E-state index in [-0.39, 0.29) is 22.8 Å². The third kappa shape index (κ3) is 4.80. The highest BCUT2D eigenvalue weighted by Gasteiger charge is 2.24. The Morgan fingerprint density at radius 2 is 1.76 bits per heavy atom. The lowest BCUT2D eigenvalue weighted by molar-refractivity contribution is -0.128. The number of nitrogens with zero attached hydrogens (tertiary/aromatic N) is 1. The van der Waals surface area contributed by atoms with Crippen molar-refractivity contribution in [2.75, 3.05) is 26.3 Å². The number of hydrogen-bond donors (Lipinski definition) is 1. The number of nitrogens with one attached hydrogen (secondary N) is 1. The predicted molar refractivity (Wildman–Crippen MR) is 96.6 cm³/mol. The van der Waals surface area contributed by atoms with Crippen LogP contribution in [0.2, 0.25) is 0 Å². The lowest BCUT2D eigenvalue weighted by atomic mass is 9.98. The normalized spacial score (nSPS) is 17.4. The molecule has 0 aromatic heterocycles. The zero-order valence-electron chi connectivity index (χ0n) is 15.2. The van der Waals surface area contributed by atoms with Gasteiger partial charge < -0.3 is 10.1 Å². The summed E-state index contributed by atoms with van der Waals surface area (Å²) in [4.78, 5) is 12.6. The van der Waals surface area contributed by atoms with Gasteiger partial charge in [-0.2, -0.15) is 4.31 Å². The summed E-state index contributed by atoms with van der Waals surface area (Å²) < 4.78 is 31.7. The van der Waals surface area contributed by atoms with Crippen molar-refractivity contribution in [2.24, 2.45) is 5.92 Å². The number of rotatable bonds is 7. The number of ether oxygens (including phenoxy) is 1. The summed E-state index contributed by atoms with van der Waals surface area (Å²) in [7, 11) is -3.45. The van der Waals surface area contributed by atoms with Gasteiger partial charge in [0.15, 0.2) is 0 Å².